The van der Waals surface area contributed by atoms with Gasteiger partial charge in [-0.05, 0) is 20.8 Å². The molecule has 5 nitrogen and oxygen atoms in total. The number of hydrogen-bond donors (Lipinski definition) is 1. The second kappa shape index (κ2) is 4.55. The van der Waals surface area contributed by atoms with Crippen LogP contribution in [0.1, 0.15) is 27.2 Å². The van der Waals surface area contributed by atoms with E-state index in [1.165, 1.54) is 6.08 Å². The summed E-state index contributed by atoms with van der Waals surface area (Å²) in [6.07, 6.45) is 1.00. The Balaban J connectivity index is 2.46. The quantitative estimate of drug-likeness (QED) is 0.571. The maximum absolute atomic E-state index is 11.4. The first-order chi connectivity index (χ1) is 7.31. The third-order valence-corrected chi connectivity index (χ3v) is 1.97. The smallest absolute Gasteiger partial charge is 0.408 e. The highest BCUT2D eigenvalue weighted by Gasteiger charge is 2.34. The summed E-state index contributed by atoms with van der Waals surface area (Å²) in [5, 5.41) is 2.47. The standard InChI is InChI=1S/C11H17NO4/c1-5-7-6-8(9(13)15-7)12-10(14)16-11(2,3)4/h5,7-8H,1,6H2,2-4H3,(H,12,14). The molecule has 0 radical (unpaired) electrons. The molecule has 1 heterocycles. The van der Waals surface area contributed by atoms with E-state index in [1.54, 1.807) is 20.8 Å². The predicted molar refractivity (Wildman–Crippen MR) is 57.9 cm³/mol. The third-order valence-electron chi connectivity index (χ3n) is 1.97. The van der Waals surface area contributed by atoms with E-state index < -0.39 is 23.7 Å². The number of nitrogens with one attached hydrogen (secondary N) is 1. The molecule has 0 aromatic rings. The number of hydrogen-bond acceptors (Lipinski definition) is 4. The van der Waals surface area contributed by atoms with E-state index in [0.717, 1.165) is 0 Å². The summed E-state index contributed by atoms with van der Waals surface area (Å²) in [7, 11) is 0. The van der Waals surface area contributed by atoms with Crippen LogP contribution in [0.25, 0.3) is 0 Å². The summed E-state index contributed by atoms with van der Waals surface area (Å²) in [6, 6.07) is -0.641. The molecule has 0 spiro atoms. The zero-order valence-electron chi connectivity index (χ0n) is 9.78. The minimum absolute atomic E-state index is 0.326. The highest BCUT2D eigenvalue weighted by Crippen LogP contribution is 2.16. The van der Waals surface area contributed by atoms with Crippen molar-refractivity contribution in [1.29, 1.82) is 0 Å². The Morgan fingerprint density at radius 1 is 1.62 bits per heavy atom. The second-order valence-electron chi connectivity index (χ2n) is 4.65. The fourth-order valence-corrected chi connectivity index (χ4v) is 1.32. The van der Waals surface area contributed by atoms with Crippen LogP contribution in [0.4, 0.5) is 4.79 Å². The Bertz CT molecular complexity index is 306. The Hall–Kier alpha value is -1.52. The van der Waals surface area contributed by atoms with Gasteiger partial charge in [0.25, 0.3) is 0 Å². The van der Waals surface area contributed by atoms with Crippen LogP contribution < -0.4 is 5.32 Å². The number of esters is 1. The van der Waals surface area contributed by atoms with Crippen LogP contribution in [0.5, 0.6) is 0 Å². The summed E-state index contributed by atoms with van der Waals surface area (Å²) in [6.45, 7) is 8.80. The monoisotopic (exact) mass is 227 g/mol. The average Bonchev–Trinajstić information content (AvgIpc) is 2.44. The van der Waals surface area contributed by atoms with Crippen molar-refractivity contribution in [1.82, 2.24) is 5.32 Å². The normalized spacial score (nSPS) is 24.8. The Kier molecular flexibility index (Phi) is 3.57. The topological polar surface area (TPSA) is 64.6 Å². The van der Waals surface area contributed by atoms with Crippen molar-refractivity contribution < 1.29 is 19.1 Å². The van der Waals surface area contributed by atoms with Gasteiger partial charge in [-0.25, -0.2) is 9.59 Å². The van der Waals surface area contributed by atoms with Gasteiger partial charge >= 0.3 is 12.1 Å². The predicted octanol–water partition coefficient (Wildman–Crippen LogP) is 1.38. The van der Waals surface area contributed by atoms with Crippen LogP contribution in [-0.2, 0) is 14.3 Å². The Morgan fingerprint density at radius 3 is 2.69 bits per heavy atom. The van der Waals surface area contributed by atoms with Crippen LogP contribution in [0.3, 0.4) is 0 Å². The summed E-state index contributed by atoms with van der Waals surface area (Å²) < 4.78 is 9.96. The van der Waals surface area contributed by atoms with E-state index in [2.05, 4.69) is 11.9 Å². The lowest BCUT2D eigenvalue weighted by atomic mass is 10.2. The average molecular weight is 227 g/mol. The third kappa shape index (κ3) is 3.56. The molecule has 1 N–H and O–H groups in total. The van der Waals surface area contributed by atoms with Gasteiger partial charge in [0.15, 0.2) is 0 Å². The van der Waals surface area contributed by atoms with E-state index >= 15 is 0 Å². The first-order valence-electron chi connectivity index (χ1n) is 5.14. The highest BCUT2D eigenvalue weighted by molar-refractivity contribution is 5.83. The van der Waals surface area contributed by atoms with Gasteiger partial charge in [-0.1, -0.05) is 12.7 Å². The van der Waals surface area contributed by atoms with E-state index in [1.807, 2.05) is 0 Å². The highest BCUT2D eigenvalue weighted by atomic mass is 16.6. The SMILES string of the molecule is C=CC1CC(NC(=O)OC(C)(C)C)C(=O)O1. The van der Waals surface area contributed by atoms with Gasteiger partial charge in [0.1, 0.15) is 17.7 Å². The van der Waals surface area contributed by atoms with Crippen molar-refractivity contribution in [2.75, 3.05) is 0 Å². The summed E-state index contributed by atoms with van der Waals surface area (Å²) in [4.78, 5) is 22.7. The zero-order valence-corrected chi connectivity index (χ0v) is 9.78. The molecule has 1 rings (SSSR count). The van der Waals surface area contributed by atoms with Gasteiger partial charge in [0.2, 0.25) is 0 Å². The van der Waals surface area contributed by atoms with Crippen molar-refractivity contribution in [3.8, 4) is 0 Å². The molecule has 1 aliphatic rings. The number of carbonyl (C=O) groups excluding carboxylic acids is 2. The van der Waals surface area contributed by atoms with E-state index in [0.29, 0.717) is 6.42 Å². The maximum Gasteiger partial charge on any atom is 0.408 e. The molecule has 0 aromatic carbocycles. The summed E-state index contributed by atoms with van der Waals surface area (Å²) in [5.74, 6) is -0.448. The Morgan fingerprint density at radius 2 is 2.25 bits per heavy atom. The van der Waals surface area contributed by atoms with Gasteiger partial charge in [0, 0.05) is 6.42 Å². The van der Waals surface area contributed by atoms with Crippen molar-refractivity contribution in [2.45, 2.75) is 44.9 Å². The van der Waals surface area contributed by atoms with Crippen molar-refractivity contribution in [3.63, 3.8) is 0 Å². The van der Waals surface area contributed by atoms with Crippen LogP contribution in [-0.4, -0.2) is 29.8 Å². The van der Waals surface area contributed by atoms with Crippen LogP contribution >= 0.6 is 0 Å². The molecule has 1 saturated heterocycles. The molecule has 1 aliphatic heterocycles. The minimum atomic E-state index is -0.641. The Labute approximate surface area is 94.8 Å². The number of amides is 1. The molecule has 2 atom stereocenters. The molecule has 0 saturated carbocycles. The fraction of sp³-hybridized carbons (Fsp3) is 0.636. The number of alkyl carbamates (subject to hydrolysis) is 1. The van der Waals surface area contributed by atoms with E-state index in [9.17, 15) is 9.59 Å². The molecule has 16 heavy (non-hydrogen) atoms. The number of rotatable bonds is 2. The lowest BCUT2D eigenvalue weighted by Crippen LogP contribution is -2.41. The van der Waals surface area contributed by atoms with Gasteiger partial charge in [0.05, 0.1) is 0 Å². The molecular formula is C11H17NO4. The largest absolute Gasteiger partial charge is 0.457 e. The second-order valence-corrected chi connectivity index (χ2v) is 4.65. The maximum atomic E-state index is 11.4. The lowest BCUT2D eigenvalue weighted by molar-refractivity contribution is -0.141. The van der Waals surface area contributed by atoms with Crippen LogP contribution in [0.2, 0.25) is 0 Å². The van der Waals surface area contributed by atoms with Crippen LogP contribution in [0, 0.1) is 0 Å². The van der Waals surface area contributed by atoms with Crippen LogP contribution in [0.15, 0.2) is 12.7 Å². The molecule has 0 aromatic heterocycles. The van der Waals surface area contributed by atoms with Gasteiger partial charge in [-0.3, -0.25) is 0 Å². The summed E-state index contributed by atoms with van der Waals surface area (Å²) in [5.41, 5.74) is -0.579. The molecule has 5 heteroatoms. The number of ether oxygens (including phenoxy) is 2. The van der Waals surface area contributed by atoms with Crippen molar-refractivity contribution >= 4 is 12.1 Å². The molecule has 90 valence electrons. The minimum Gasteiger partial charge on any atom is -0.457 e. The van der Waals surface area contributed by atoms with Gasteiger partial charge in [-0.2, -0.15) is 0 Å². The van der Waals surface area contributed by atoms with Gasteiger partial charge in [-0.15, -0.1) is 0 Å². The molecule has 2 unspecified atom stereocenters. The first-order valence-corrected chi connectivity index (χ1v) is 5.14. The molecular weight excluding hydrogens is 210 g/mol. The molecule has 1 fully saturated rings. The first kappa shape index (κ1) is 12.5. The van der Waals surface area contributed by atoms with E-state index in [4.69, 9.17) is 9.47 Å². The number of carbonyl (C=O) groups is 2. The van der Waals surface area contributed by atoms with Crippen molar-refractivity contribution in [3.05, 3.63) is 12.7 Å². The summed E-state index contributed by atoms with van der Waals surface area (Å²) >= 11 is 0. The number of cyclic esters (lactones) is 1. The lowest BCUT2D eigenvalue weighted by Gasteiger charge is -2.20. The van der Waals surface area contributed by atoms with Crippen molar-refractivity contribution in [2.24, 2.45) is 0 Å². The van der Waals surface area contributed by atoms with E-state index in [-0.39, 0.29) is 6.10 Å². The van der Waals surface area contributed by atoms with Gasteiger partial charge < -0.3 is 14.8 Å². The molecule has 1 amide bonds. The zero-order chi connectivity index (χ0) is 12.3. The molecule has 0 bridgehead atoms. The fourth-order valence-electron chi connectivity index (χ4n) is 1.32. The molecule has 0 aliphatic carbocycles.